The zero-order chi connectivity index (χ0) is 23.7. The van der Waals surface area contributed by atoms with Gasteiger partial charge in [0.1, 0.15) is 30.7 Å². The van der Waals surface area contributed by atoms with E-state index in [1.165, 1.54) is 29.2 Å². The van der Waals surface area contributed by atoms with E-state index in [0.717, 1.165) is 0 Å². The van der Waals surface area contributed by atoms with Crippen molar-refractivity contribution in [2.24, 2.45) is 0 Å². The summed E-state index contributed by atoms with van der Waals surface area (Å²) in [6.45, 7) is -1.000. The molecule has 0 aliphatic carbocycles. The molecule has 2 aliphatic rings. The lowest BCUT2D eigenvalue weighted by Crippen LogP contribution is -2.59. The number of alkyl halides is 6. The summed E-state index contributed by atoms with van der Waals surface area (Å²) < 4.78 is 25.7. The molecular formula is C19H18Cl6FNO5. The molecular weight excluding hydrogens is 554 g/mol. The molecule has 3 unspecified atom stereocenters. The highest BCUT2D eigenvalue weighted by molar-refractivity contribution is 6.68. The fourth-order valence-corrected chi connectivity index (χ4v) is 4.64. The van der Waals surface area contributed by atoms with E-state index in [4.69, 9.17) is 83.8 Å². The Balaban J connectivity index is 1.92. The second-order valence-corrected chi connectivity index (χ2v) is 12.5. The normalized spacial score (nSPS) is 25.4. The first kappa shape index (κ1) is 26.0. The molecule has 2 heterocycles. The van der Waals surface area contributed by atoms with Crippen LogP contribution in [0.5, 0.6) is 0 Å². The van der Waals surface area contributed by atoms with Gasteiger partial charge < -0.3 is 14.2 Å². The van der Waals surface area contributed by atoms with Crippen LogP contribution < -0.4 is 0 Å². The molecule has 1 aromatic carbocycles. The topological polar surface area (TPSA) is 65.1 Å². The summed E-state index contributed by atoms with van der Waals surface area (Å²) in [6.07, 6.45) is -0.686. The molecule has 178 valence electrons. The Bertz CT molecular complexity index is 846. The maximum Gasteiger partial charge on any atom is 0.508 e. The largest absolute Gasteiger partial charge is 0.508 e. The zero-order valence-electron chi connectivity index (χ0n) is 16.3. The number of piperidine rings is 1. The van der Waals surface area contributed by atoms with Crippen LogP contribution in [0.25, 0.3) is 0 Å². The average Bonchev–Trinajstić information content (AvgIpc) is 2.98. The minimum atomic E-state index is -1.81. The van der Waals surface area contributed by atoms with E-state index >= 15 is 0 Å². The molecule has 0 radical (unpaired) electrons. The van der Waals surface area contributed by atoms with Gasteiger partial charge in [-0.25, -0.2) is 14.0 Å². The van der Waals surface area contributed by atoms with Crippen LogP contribution in [0, 0.1) is 5.82 Å². The van der Waals surface area contributed by atoms with Crippen molar-refractivity contribution in [1.29, 1.82) is 0 Å². The fourth-order valence-electron chi connectivity index (χ4n) is 4.31. The number of carbonyl (C=O) groups is 2. The third-order valence-corrected chi connectivity index (χ3v) is 6.10. The van der Waals surface area contributed by atoms with Gasteiger partial charge >= 0.3 is 12.2 Å². The average molecular weight is 572 g/mol. The SMILES string of the molecule is O=C(OCC(Cl)(Cl)Cl)OC1CCC2CCC1(c1ccc(F)cc1)N2C(=O)OCC(Cl)(Cl)Cl. The highest BCUT2D eigenvalue weighted by atomic mass is 35.6. The van der Waals surface area contributed by atoms with Gasteiger partial charge in [0.2, 0.25) is 7.59 Å². The van der Waals surface area contributed by atoms with E-state index in [2.05, 4.69) is 0 Å². The van der Waals surface area contributed by atoms with Crippen LogP contribution >= 0.6 is 69.6 Å². The first-order chi connectivity index (χ1) is 14.8. The number of ether oxygens (including phenoxy) is 3. The van der Waals surface area contributed by atoms with Gasteiger partial charge in [0.05, 0.1) is 0 Å². The highest BCUT2D eigenvalue weighted by Gasteiger charge is 2.60. The number of carbonyl (C=O) groups excluding carboxylic acids is 2. The molecule has 13 heteroatoms. The Labute approximate surface area is 214 Å². The van der Waals surface area contributed by atoms with Gasteiger partial charge in [-0.15, -0.1) is 0 Å². The zero-order valence-corrected chi connectivity index (χ0v) is 20.9. The van der Waals surface area contributed by atoms with Gasteiger partial charge in [0.25, 0.3) is 0 Å². The van der Waals surface area contributed by atoms with E-state index in [0.29, 0.717) is 31.2 Å². The molecule has 0 spiro atoms. The number of fused-ring (bicyclic) bond motifs is 2. The Morgan fingerprint density at radius 3 is 2.16 bits per heavy atom. The van der Waals surface area contributed by atoms with E-state index < -0.39 is 50.5 Å². The first-order valence-electron chi connectivity index (χ1n) is 9.51. The molecule has 1 aromatic rings. The molecule has 2 bridgehead atoms. The molecule has 0 N–H and O–H groups in total. The standard InChI is InChI=1S/C19H18Cl6FNO5/c20-18(21,22)9-30-15(28)27-13-5-6-14(32-16(29)31-10-19(23,24)25)17(27,8-7-13)11-1-3-12(26)4-2-11/h1-4,13-14H,5-10H2. The number of nitrogens with zero attached hydrogens (tertiary/aromatic N) is 1. The smallest absolute Gasteiger partial charge is 0.445 e. The predicted octanol–water partition coefficient (Wildman–Crippen LogP) is 6.68. The van der Waals surface area contributed by atoms with Crippen molar-refractivity contribution < 1.29 is 28.2 Å². The number of rotatable bonds is 4. The van der Waals surface area contributed by atoms with Crippen molar-refractivity contribution in [3.8, 4) is 0 Å². The van der Waals surface area contributed by atoms with Crippen molar-refractivity contribution in [3.05, 3.63) is 35.6 Å². The summed E-state index contributed by atoms with van der Waals surface area (Å²) in [7, 11) is 0. The Morgan fingerprint density at radius 2 is 1.56 bits per heavy atom. The molecule has 0 aromatic heterocycles. The third kappa shape index (κ3) is 6.10. The Morgan fingerprint density at radius 1 is 0.969 bits per heavy atom. The predicted molar refractivity (Wildman–Crippen MR) is 120 cm³/mol. The minimum absolute atomic E-state index is 0.208. The molecule has 1 amide bonds. The molecule has 2 saturated heterocycles. The summed E-state index contributed by atoms with van der Waals surface area (Å²) in [5.41, 5.74) is -0.577. The summed E-state index contributed by atoms with van der Waals surface area (Å²) in [5.74, 6) is -0.458. The number of hydrogen-bond acceptors (Lipinski definition) is 5. The summed E-state index contributed by atoms with van der Waals surface area (Å²) in [4.78, 5) is 26.9. The van der Waals surface area contributed by atoms with Gasteiger partial charge in [-0.05, 0) is 43.4 Å². The number of benzene rings is 1. The number of hydrogen-bond donors (Lipinski definition) is 0. The second-order valence-electron chi connectivity index (χ2n) is 7.50. The van der Waals surface area contributed by atoms with Crippen molar-refractivity contribution >= 4 is 81.9 Å². The Hall–Kier alpha value is -0.570. The van der Waals surface area contributed by atoms with Crippen molar-refractivity contribution in [3.63, 3.8) is 0 Å². The van der Waals surface area contributed by atoms with E-state index in [9.17, 15) is 14.0 Å². The maximum atomic E-state index is 13.6. The molecule has 2 aliphatic heterocycles. The number of halogens is 7. The van der Waals surface area contributed by atoms with Crippen LogP contribution in [0.4, 0.5) is 14.0 Å². The molecule has 3 rings (SSSR count). The quantitative estimate of drug-likeness (QED) is 0.298. The summed E-state index contributed by atoms with van der Waals surface area (Å²) >= 11 is 34.0. The van der Waals surface area contributed by atoms with Crippen molar-refractivity contribution in [2.75, 3.05) is 13.2 Å². The van der Waals surface area contributed by atoms with Gasteiger partial charge in [-0.1, -0.05) is 81.7 Å². The third-order valence-electron chi connectivity index (χ3n) is 5.44. The van der Waals surface area contributed by atoms with Gasteiger partial charge in [0.15, 0.2) is 0 Å². The van der Waals surface area contributed by atoms with Crippen LogP contribution in [0.3, 0.4) is 0 Å². The van der Waals surface area contributed by atoms with Crippen molar-refractivity contribution in [2.45, 2.75) is 51.0 Å². The maximum absolute atomic E-state index is 13.6. The number of amides is 1. The van der Waals surface area contributed by atoms with Crippen LogP contribution in [0.2, 0.25) is 0 Å². The first-order valence-corrected chi connectivity index (χ1v) is 11.8. The second kappa shape index (κ2) is 9.96. The van der Waals surface area contributed by atoms with Crippen LogP contribution in [0.1, 0.15) is 31.2 Å². The lowest BCUT2D eigenvalue weighted by Gasteiger charge is -2.48. The molecule has 2 fully saturated rings. The monoisotopic (exact) mass is 569 g/mol. The molecule has 3 atom stereocenters. The van der Waals surface area contributed by atoms with Crippen LogP contribution in [0.15, 0.2) is 24.3 Å². The Kier molecular flexibility index (Phi) is 8.11. The molecule has 0 saturated carbocycles. The lowest BCUT2D eigenvalue weighted by atomic mass is 9.79. The van der Waals surface area contributed by atoms with Crippen LogP contribution in [-0.2, 0) is 19.7 Å². The lowest BCUT2D eigenvalue weighted by molar-refractivity contribution is -0.0790. The summed E-state index contributed by atoms with van der Waals surface area (Å²) in [5, 5.41) is 0. The van der Waals surface area contributed by atoms with Gasteiger partial charge in [0, 0.05) is 6.04 Å². The molecule has 32 heavy (non-hydrogen) atoms. The van der Waals surface area contributed by atoms with E-state index in [1.807, 2.05) is 0 Å². The summed E-state index contributed by atoms with van der Waals surface area (Å²) in [6, 6.07) is 5.37. The minimum Gasteiger partial charge on any atom is -0.445 e. The van der Waals surface area contributed by atoms with Crippen LogP contribution in [-0.4, -0.2) is 50.1 Å². The van der Waals surface area contributed by atoms with E-state index in [1.54, 1.807) is 0 Å². The van der Waals surface area contributed by atoms with Gasteiger partial charge in [-0.2, -0.15) is 0 Å². The fraction of sp³-hybridized carbons (Fsp3) is 0.579. The molecule has 6 nitrogen and oxygen atoms in total. The van der Waals surface area contributed by atoms with E-state index in [-0.39, 0.29) is 6.04 Å². The van der Waals surface area contributed by atoms with Gasteiger partial charge in [-0.3, -0.25) is 4.90 Å². The highest BCUT2D eigenvalue weighted by Crippen LogP contribution is 2.52. The van der Waals surface area contributed by atoms with Crippen molar-refractivity contribution in [1.82, 2.24) is 4.90 Å².